The van der Waals surface area contributed by atoms with E-state index in [1.165, 1.54) is 22.0 Å². The number of nitrogens with zero attached hydrogens (tertiary/aromatic N) is 2. The Labute approximate surface area is 144 Å². The topological polar surface area (TPSA) is 17.3 Å². The lowest BCUT2D eigenvalue weighted by Gasteiger charge is -2.16. The van der Waals surface area contributed by atoms with Crippen LogP contribution >= 0.6 is 0 Å². The van der Waals surface area contributed by atoms with E-state index >= 15 is 0 Å². The molecular weight excluding hydrogens is 292 g/mol. The molecule has 2 aromatic carbocycles. The van der Waals surface area contributed by atoms with Gasteiger partial charge in [-0.2, -0.15) is 0 Å². The van der Waals surface area contributed by atoms with Gasteiger partial charge in [0.25, 0.3) is 0 Å². The van der Waals surface area contributed by atoms with Crippen molar-refractivity contribution in [2.75, 3.05) is 0 Å². The molecule has 0 aliphatic heterocycles. The number of para-hydroxylation sites is 2. The van der Waals surface area contributed by atoms with Crippen LogP contribution < -0.4 is 0 Å². The van der Waals surface area contributed by atoms with Crippen LogP contribution in [-0.4, -0.2) is 10.8 Å². The molecule has 124 valence electrons. The van der Waals surface area contributed by atoms with E-state index in [-0.39, 0.29) is 0 Å². The van der Waals surface area contributed by atoms with Crippen molar-refractivity contribution in [1.29, 1.82) is 0 Å². The molecule has 1 aromatic heterocycles. The summed E-state index contributed by atoms with van der Waals surface area (Å²) in [4.78, 5) is 4.93. The second-order valence-electron chi connectivity index (χ2n) is 7.04. The van der Waals surface area contributed by atoms with Gasteiger partial charge in [0.2, 0.25) is 0 Å². The molecule has 0 aliphatic carbocycles. The molecule has 0 aliphatic rings. The Morgan fingerprint density at radius 3 is 2.08 bits per heavy atom. The van der Waals surface area contributed by atoms with E-state index in [2.05, 4.69) is 87.8 Å². The first-order valence-electron chi connectivity index (χ1n) is 8.70. The summed E-state index contributed by atoms with van der Waals surface area (Å²) in [7, 11) is 2.10. The Balaban J connectivity index is 2.09. The van der Waals surface area contributed by atoms with Gasteiger partial charge in [0.05, 0.1) is 17.6 Å². The lowest BCUT2D eigenvalue weighted by atomic mass is 9.93. The van der Waals surface area contributed by atoms with E-state index in [1.807, 2.05) is 6.21 Å². The van der Waals surface area contributed by atoms with E-state index in [1.54, 1.807) is 0 Å². The number of hydrogen-bond acceptors (Lipinski definition) is 1. The van der Waals surface area contributed by atoms with Crippen molar-refractivity contribution in [1.82, 2.24) is 4.57 Å². The van der Waals surface area contributed by atoms with Crippen LogP contribution in [0.4, 0.5) is 5.69 Å². The van der Waals surface area contributed by atoms with E-state index in [0.29, 0.717) is 11.8 Å². The van der Waals surface area contributed by atoms with Gasteiger partial charge in [-0.1, -0.05) is 64.1 Å². The molecule has 3 aromatic rings. The van der Waals surface area contributed by atoms with Crippen LogP contribution in [0.1, 0.15) is 56.4 Å². The van der Waals surface area contributed by atoms with Crippen LogP contribution in [0.25, 0.3) is 10.9 Å². The summed E-state index contributed by atoms with van der Waals surface area (Å²) in [6, 6.07) is 17.2. The third-order valence-electron chi connectivity index (χ3n) is 4.66. The van der Waals surface area contributed by atoms with Crippen molar-refractivity contribution < 1.29 is 0 Å². The van der Waals surface area contributed by atoms with Gasteiger partial charge >= 0.3 is 0 Å². The summed E-state index contributed by atoms with van der Waals surface area (Å²) in [6.07, 6.45) is 2.01. The highest BCUT2D eigenvalue weighted by Gasteiger charge is 2.13. The fraction of sp³-hybridized carbons (Fsp3) is 0.318. The quantitative estimate of drug-likeness (QED) is 0.511. The molecule has 0 saturated heterocycles. The van der Waals surface area contributed by atoms with Gasteiger partial charge in [-0.05, 0) is 35.1 Å². The minimum Gasteiger partial charge on any atom is -0.343 e. The Kier molecular flexibility index (Phi) is 4.57. The van der Waals surface area contributed by atoms with Gasteiger partial charge < -0.3 is 4.57 Å². The summed E-state index contributed by atoms with van der Waals surface area (Å²) in [6.45, 7) is 8.93. The molecule has 0 N–H and O–H groups in total. The maximum Gasteiger partial charge on any atom is 0.0699 e. The predicted molar refractivity (Wildman–Crippen MR) is 105 cm³/mol. The average molecular weight is 318 g/mol. The summed E-state index contributed by atoms with van der Waals surface area (Å²) < 4.78 is 2.20. The van der Waals surface area contributed by atoms with Crippen molar-refractivity contribution in [3.8, 4) is 0 Å². The molecule has 2 nitrogen and oxygen atoms in total. The lowest BCUT2D eigenvalue weighted by Crippen LogP contribution is -1.97. The van der Waals surface area contributed by atoms with Crippen LogP contribution in [0.15, 0.2) is 53.5 Å². The molecule has 0 bridgehead atoms. The predicted octanol–water partition coefficient (Wildman–Crippen LogP) is 6.18. The Hall–Kier alpha value is -2.35. The van der Waals surface area contributed by atoms with Gasteiger partial charge in [0.15, 0.2) is 0 Å². The first kappa shape index (κ1) is 16.5. The average Bonchev–Trinajstić information content (AvgIpc) is 2.89. The Morgan fingerprint density at radius 2 is 1.50 bits per heavy atom. The summed E-state index contributed by atoms with van der Waals surface area (Å²) >= 11 is 0. The SMILES string of the molecule is CC(C)c1cccc(C(C)C)c1N=Cc1cc2ccccc2n1C. The first-order chi connectivity index (χ1) is 11.5. The minimum absolute atomic E-state index is 0.461. The standard InChI is InChI=1S/C22H26N2/c1-15(2)19-10-8-11-20(16(3)4)22(19)23-14-18-13-17-9-6-7-12-21(17)24(18)5/h6-16H,1-5H3. The van der Waals surface area contributed by atoms with E-state index < -0.39 is 0 Å². The molecule has 0 fully saturated rings. The van der Waals surface area contributed by atoms with Crippen LogP contribution in [0.3, 0.4) is 0 Å². The number of fused-ring (bicyclic) bond motifs is 1. The highest BCUT2D eigenvalue weighted by molar-refractivity contribution is 5.91. The number of aromatic nitrogens is 1. The van der Waals surface area contributed by atoms with E-state index in [0.717, 1.165) is 11.4 Å². The van der Waals surface area contributed by atoms with E-state index in [4.69, 9.17) is 4.99 Å². The molecule has 0 spiro atoms. The van der Waals surface area contributed by atoms with Gasteiger partial charge in [-0.25, -0.2) is 0 Å². The fourth-order valence-electron chi connectivity index (χ4n) is 3.23. The van der Waals surface area contributed by atoms with Gasteiger partial charge in [0, 0.05) is 18.0 Å². The monoisotopic (exact) mass is 318 g/mol. The molecule has 0 saturated carbocycles. The van der Waals surface area contributed by atoms with Crippen LogP contribution in [0.2, 0.25) is 0 Å². The summed E-state index contributed by atoms with van der Waals surface area (Å²) in [5.41, 5.74) is 6.13. The highest BCUT2D eigenvalue weighted by atomic mass is 15.0. The van der Waals surface area contributed by atoms with Crippen LogP contribution in [-0.2, 0) is 7.05 Å². The highest BCUT2D eigenvalue weighted by Crippen LogP contribution is 2.34. The van der Waals surface area contributed by atoms with E-state index in [9.17, 15) is 0 Å². The van der Waals surface area contributed by atoms with Crippen molar-refractivity contribution in [2.45, 2.75) is 39.5 Å². The Morgan fingerprint density at radius 1 is 0.875 bits per heavy atom. The smallest absolute Gasteiger partial charge is 0.0699 e. The molecule has 1 heterocycles. The Bertz CT molecular complexity index is 856. The lowest BCUT2D eigenvalue weighted by molar-refractivity contribution is 0.835. The second-order valence-corrected chi connectivity index (χ2v) is 7.04. The zero-order valence-corrected chi connectivity index (χ0v) is 15.2. The van der Waals surface area contributed by atoms with Crippen molar-refractivity contribution in [3.63, 3.8) is 0 Å². The third-order valence-corrected chi connectivity index (χ3v) is 4.66. The zero-order chi connectivity index (χ0) is 17.3. The summed E-state index contributed by atoms with van der Waals surface area (Å²) in [5.74, 6) is 0.923. The second kappa shape index (κ2) is 6.64. The maximum absolute atomic E-state index is 4.93. The number of aryl methyl sites for hydroxylation is 1. The number of hydrogen-bond donors (Lipinski definition) is 0. The molecule has 2 heteroatoms. The minimum atomic E-state index is 0.461. The molecule has 24 heavy (non-hydrogen) atoms. The fourth-order valence-corrected chi connectivity index (χ4v) is 3.23. The molecule has 3 rings (SSSR count). The molecular formula is C22H26N2. The van der Waals surface area contributed by atoms with Crippen molar-refractivity contribution in [3.05, 3.63) is 65.4 Å². The van der Waals surface area contributed by atoms with Crippen molar-refractivity contribution >= 4 is 22.8 Å². The number of aliphatic imine (C=N–C) groups is 1. The molecule has 0 radical (unpaired) electrons. The maximum atomic E-state index is 4.93. The first-order valence-corrected chi connectivity index (χ1v) is 8.70. The van der Waals surface area contributed by atoms with Gasteiger partial charge in [-0.3, -0.25) is 4.99 Å². The molecule has 0 amide bonds. The largest absolute Gasteiger partial charge is 0.343 e. The number of benzene rings is 2. The number of rotatable bonds is 4. The normalized spacial score (nSPS) is 12.1. The van der Waals surface area contributed by atoms with Crippen LogP contribution in [0.5, 0.6) is 0 Å². The molecule has 0 unspecified atom stereocenters. The van der Waals surface area contributed by atoms with Crippen molar-refractivity contribution in [2.24, 2.45) is 12.0 Å². The third kappa shape index (κ3) is 3.01. The van der Waals surface area contributed by atoms with Gasteiger partial charge in [-0.15, -0.1) is 0 Å². The molecule has 0 atom stereocenters. The summed E-state index contributed by atoms with van der Waals surface area (Å²) in [5, 5.41) is 1.25. The zero-order valence-electron chi connectivity index (χ0n) is 15.2. The van der Waals surface area contributed by atoms with Gasteiger partial charge in [0.1, 0.15) is 0 Å². The van der Waals surface area contributed by atoms with Crippen LogP contribution in [0, 0.1) is 0 Å².